The predicted octanol–water partition coefficient (Wildman–Crippen LogP) is 6.50. The number of hydrogen-bond donors (Lipinski definition) is 2. The van der Waals surface area contributed by atoms with E-state index < -0.39 is 0 Å². The number of fused-ring (bicyclic) bond motifs is 1. The molecule has 208 valence electrons. The predicted molar refractivity (Wildman–Crippen MR) is 160 cm³/mol. The first-order chi connectivity index (χ1) is 19.8. The molecule has 2 N–H and O–H groups in total. The number of benzene rings is 3. The van der Waals surface area contributed by atoms with Gasteiger partial charge in [-0.2, -0.15) is 0 Å². The Hall–Kier alpha value is -4.53. The second-order valence-corrected chi connectivity index (χ2v) is 9.89. The van der Waals surface area contributed by atoms with Crippen molar-refractivity contribution in [2.45, 2.75) is 20.1 Å². The van der Waals surface area contributed by atoms with E-state index in [9.17, 15) is 9.59 Å². The highest BCUT2D eigenvalue weighted by Crippen LogP contribution is 2.34. The molecule has 0 aliphatic rings. The zero-order chi connectivity index (χ0) is 28.9. The summed E-state index contributed by atoms with van der Waals surface area (Å²) < 4.78 is 13.5. The van der Waals surface area contributed by atoms with Crippen LogP contribution in [0.5, 0.6) is 5.75 Å². The van der Waals surface area contributed by atoms with E-state index in [0.717, 1.165) is 11.3 Å². The summed E-state index contributed by atoms with van der Waals surface area (Å²) >= 11 is 13.4. The van der Waals surface area contributed by atoms with Crippen molar-refractivity contribution < 1.29 is 18.7 Å². The van der Waals surface area contributed by atoms with Crippen LogP contribution in [0.4, 0.5) is 0 Å². The molecule has 2 aromatic heterocycles. The van der Waals surface area contributed by atoms with Crippen LogP contribution >= 0.6 is 23.2 Å². The quantitative estimate of drug-likeness (QED) is 0.191. The number of rotatable bonds is 9. The van der Waals surface area contributed by atoms with E-state index in [4.69, 9.17) is 32.4 Å². The van der Waals surface area contributed by atoms with Crippen LogP contribution < -0.4 is 15.4 Å². The molecule has 0 radical (unpaired) electrons. The minimum absolute atomic E-state index is 0.124. The second-order valence-electron chi connectivity index (χ2n) is 9.11. The van der Waals surface area contributed by atoms with Gasteiger partial charge in [0.1, 0.15) is 12.4 Å². The van der Waals surface area contributed by atoms with Gasteiger partial charge in [0.2, 0.25) is 5.91 Å². The smallest absolute Gasteiger partial charge is 0.251 e. The Bertz CT molecular complexity index is 1760. The maximum absolute atomic E-state index is 12.5. The Labute approximate surface area is 246 Å². The Balaban J connectivity index is 1.27. The van der Waals surface area contributed by atoms with Gasteiger partial charge in [0.05, 0.1) is 17.3 Å². The van der Waals surface area contributed by atoms with Gasteiger partial charge in [-0.15, -0.1) is 0 Å². The van der Waals surface area contributed by atoms with Crippen molar-refractivity contribution in [2.75, 3.05) is 7.05 Å². The largest absolute Gasteiger partial charge is 0.486 e. The third-order valence-electron chi connectivity index (χ3n) is 6.39. The van der Waals surface area contributed by atoms with E-state index >= 15 is 0 Å². The van der Waals surface area contributed by atoms with Crippen LogP contribution in [-0.2, 0) is 17.9 Å². The Morgan fingerprint density at radius 2 is 1.85 bits per heavy atom. The molecular weight excluding hydrogens is 563 g/mol. The lowest BCUT2D eigenvalue weighted by Gasteiger charge is -2.16. The highest BCUT2D eigenvalue weighted by molar-refractivity contribution is 6.37. The fourth-order valence-corrected chi connectivity index (χ4v) is 4.87. The number of carbonyl (C=O) groups is 2. The summed E-state index contributed by atoms with van der Waals surface area (Å²) in [7, 11) is 1.58. The number of para-hydroxylation sites is 1. The lowest BCUT2D eigenvalue weighted by atomic mass is 10.1. The lowest BCUT2D eigenvalue weighted by Crippen LogP contribution is -2.21. The van der Waals surface area contributed by atoms with Gasteiger partial charge in [0.25, 0.3) is 5.91 Å². The van der Waals surface area contributed by atoms with Crippen LogP contribution in [0.15, 0.2) is 83.4 Å². The van der Waals surface area contributed by atoms with Gasteiger partial charge in [-0.3, -0.25) is 9.59 Å². The van der Waals surface area contributed by atoms with Gasteiger partial charge in [0, 0.05) is 48.1 Å². The maximum Gasteiger partial charge on any atom is 0.251 e. The van der Waals surface area contributed by atoms with Gasteiger partial charge >= 0.3 is 0 Å². The zero-order valence-electron chi connectivity index (χ0n) is 22.3. The normalized spacial score (nSPS) is 11.2. The van der Waals surface area contributed by atoms with E-state index in [1.807, 2.05) is 47.2 Å². The molecule has 2 heterocycles. The maximum atomic E-state index is 12.5. The van der Waals surface area contributed by atoms with Gasteiger partial charge < -0.3 is 24.4 Å². The van der Waals surface area contributed by atoms with Crippen molar-refractivity contribution in [3.05, 3.63) is 117 Å². The van der Waals surface area contributed by atoms with Gasteiger partial charge in [-0.25, -0.2) is 4.98 Å². The van der Waals surface area contributed by atoms with E-state index in [1.165, 1.54) is 6.08 Å². The molecule has 0 spiro atoms. The SMILES string of the molecule is CNC(=O)c1ccc(/C=C/C(=O)NCc2cccn2-c2ccc(Cl)c(COc3cccc4oc(C)nc34)c2Cl)cc1. The molecule has 0 aliphatic heterocycles. The van der Waals surface area contributed by atoms with Crippen molar-refractivity contribution in [1.29, 1.82) is 0 Å². The summed E-state index contributed by atoms with van der Waals surface area (Å²) in [6, 6.07) is 19.8. The number of nitrogens with one attached hydrogen (secondary N) is 2. The van der Waals surface area contributed by atoms with Crippen LogP contribution in [0.3, 0.4) is 0 Å². The molecule has 8 nitrogen and oxygen atoms in total. The molecule has 0 fully saturated rings. The Morgan fingerprint density at radius 3 is 2.63 bits per heavy atom. The van der Waals surface area contributed by atoms with Crippen LogP contribution in [-0.4, -0.2) is 28.4 Å². The molecule has 0 saturated heterocycles. The van der Waals surface area contributed by atoms with Crippen LogP contribution in [0.1, 0.15) is 33.1 Å². The van der Waals surface area contributed by atoms with Crippen molar-refractivity contribution in [3.63, 3.8) is 0 Å². The van der Waals surface area contributed by atoms with E-state index in [2.05, 4.69) is 15.6 Å². The zero-order valence-corrected chi connectivity index (χ0v) is 23.8. The minimum atomic E-state index is -0.262. The molecule has 5 rings (SSSR count). The molecule has 41 heavy (non-hydrogen) atoms. The molecule has 2 amide bonds. The molecule has 0 saturated carbocycles. The average Bonchev–Trinajstić information content (AvgIpc) is 3.60. The fourth-order valence-electron chi connectivity index (χ4n) is 4.30. The molecule has 0 unspecified atom stereocenters. The number of oxazole rings is 1. The topological polar surface area (TPSA) is 98.4 Å². The van der Waals surface area contributed by atoms with Crippen molar-refractivity contribution >= 4 is 52.2 Å². The van der Waals surface area contributed by atoms with Gasteiger partial charge in [-0.1, -0.05) is 41.4 Å². The van der Waals surface area contributed by atoms with Crippen molar-refractivity contribution in [3.8, 4) is 11.4 Å². The number of ether oxygens (including phenoxy) is 1. The van der Waals surface area contributed by atoms with E-state index in [-0.39, 0.29) is 25.0 Å². The summed E-state index contributed by atoms with van der Waals surface area (Å²) in [6.07, 6.45) is 5.00. The third-order valence-corrected chi connectivity index (χ3v) is 7.17. The Morgan fingerprint density at radius 1 is 1.05 bits per heavy atom. The number of nitrogens with zero attached hydrogens (tertiary/aromatic N) is 2. The highest BCUT2D eigenvalue weighted by Gasteiger charge is 2.16. The summed E-state index contributed by atoms with van der Waals surface area (Å²) in [6.45, 7) is 2.17. The molecule has 3 aromatic carbocycles. The number of amides is 2. The Kier molecular flexibility index (Phi) is 8.42. The van der Waals surface area contributed by atoms with Crippen LogP contribution in [0, 0.1) is 6.92 Å². The summed E-state index contributed by atoms with van der Waals surface area (Å²) in [5.41, 5.74) is 4.76. The molecule has 0 bridgehead atoms. The number of aryl methyl sites for hydroxylation is 1. The van der Waals surface area contributed by atoms with Gasteiger partial charge in [0.15, 0.2) is 17.0 Å². The molecular formula is C31H26Cl2N4O4. The second kappa shape index (κ2) is 12.3. The van der Waals surface area contributed by atoms with Crippen LogP contribution in [0.25, 0.3) is 22.9 Å². The van der Waals surface area contributed by atoms with E-state index in [0.29, 0.717) is 49.6 Å². The van der Waals surface area contributed by atoms with E-state index in [1.54, 1.807) is 50.4 Å². The number of carbonyl (C=O) groups excluding carboxylic acids is 2. The number of hydrogen-bond acceptors (Lipinski definition) is 5. The summed E-state index contributed by atoms with van der Waals surface area (Å²) in [5, 5.41) is 6.38. The third kappa shape index (κ3) is 6.29. The van der Waals surface area contributed by atoms with Crippen LogP contribution in [0.2, 0.25) is 10.0 Å². The fraction of sp³-hybridized carbons (Fsp3) is 0.129. The summed E-state index contributed by atoms with van der Waals surface area (Å²) in [5.74, 6) is 0.688. The standard InChI is InChI=1S/C31H26Cl2N4O4/c1-19-36-30-26(6-3-7-27(30)41-19)40-18-23-24(32)13-14-25(29(23)33)37-16-4-5-22(37)17-35-28(38)15-10-20-8-11-21(12-9-20)31(39)34-2/h3-16H,17-18H2,1-2H3,(H,34,39)(H,35,38)/b15-10+. The molecule has 0 atom stereocenters. The lowest BCUT2D eigenvalue weighted by molar-refractivity contribution is -0.116. The molecule has 5 aromatic rings. The van der Waals surface area contributed by atoms with Gasteiger partial charge in [-0.05, 0) is 60.2 Å². The first-order valence-corrected chi connectivity index (χ1v) is 13.5. The molecule has 10 heteroatoms. The highest BCUT2D eigenvalue weighted by atomic mass is 35.5. The number of halogens is 2. The first kappa shape index (κ1) is 28.0. The summed E-state index contributed by atoms with van der Waals surface area (Å²) in [4.78, 5) is 28.6. The van der Waals surface area contributed by atoms with Crippen molar-refractivity contribution in [1.82, 2.24) is 20.2 Å². The first-order valence-electron chi connectivity index (χ1n) is 12.7. The van der Waals surface area contributed by atoms with Crippen molar-refractivity contribution in [2.24, 2.45) is 0 Å². The molecule has 0 aliphatic carbocycles. The average molecular weight is 589 g/mol. The minimum Gasteiger partial charge on any atom is -0.486 e. The monoisotopic (exact) mass is 588 g/mol. The number of aromatic nitrogens is 2.